The van der Waals surface area contributed by atoms with E-state index in [0.717, 1.165) is 43.1 Å². The largest absolute Gasteiger partial charge is 0.493 e. The van der Waals surface area contributed by atoms with Crippen LogP contribution in [-0.2, 0) is 0 Å². The molecule has 0 fully saturated rings. The fourth-order valence-corrected chi connectivity index (χ4v) is 1.44. The highest BCUT2D eigenvalue weighted by Crippen LogP contribution is 2.35. The van der Waals surface area contributed by atoms with Gasteiger partial charge in [0.05, 0.1) is 6.61 Å². The Hall–Kier alpha value is -1.38. The molecule has 1 aromatic carbocycles. The van der Waals surface area contributed by atoms with Crippen LogP contribution < -0.4 is 14.2 Å². The lowest BCUT2D eigenvalue weighted by Crippen LogP contribution is -1.96. The van der Waals surface area contributed by atoms with Crippen molar-refractivity contribution in [1.29, 1.82) is 0 Å². The van der Waals surface area contributed by atoms with Crippen LogP contribution in [0.4, 0.5) is 0 Å². The zero-order valence-corrected chi connectivity index (χ0v) is 8.70. The Morgan fingerprint density at radius 3 is 2.93 bits per heavy atom. The molecule has 0 aromatic heterocycles. The Balaban J connectivity index is 1.87. The van der Waals surface area contributed by atoms with Crippen LogP contribution in [0.15, 0.2) is 18.2 Å². The molecular formula is C12H15O3. The minimum absolute atomic E-state index is 0.306. The van der Waals surface area contributed by atoms with Crippen LogP contribution in [0.1, 0.15) is 19.3 Å². The highest BCUT2D eigenvalue weighted by Gasteiger charge is 2.13. The van der Waals surface area contributed by atoms with Gasteiger partial charge in [0, 0.05) is 6.07 Å². The van der Waals surface area contributed by atoms with E-state index in [-0.39, 0.29) is 0 Å². The number of fused-ring (bicyclic) bond motifs is 1. The molecule has 15 heavy (non-hydrogen) atoms. The maximum Gasteiger partial charge on any atom is 0.231 e. The molecule has 81 valence electrons. The second-order valence-corrected chi connectivity index (χ2v) is 3.42. The second-order valence-electron chi connectivity index (χ2n) is 3.42. The number of unbranched alkanes of at least 4 members (excludes halogenated alkanes) is 2. The van der Waals surface area contributed by atoms with Gasteiger partial charge in [0.25, 0.3) is 0 Å². The average molecular weight is 207 g/mol. The monoisotopic (exact) mass is 207 g/mol. The highest BCUT2D eigenvalue weighted by molar-refractivity contribution is 5.46. The maximum absolute atomic E-state index is 5.57. The van der Waals surface area contributed by atoms with E-state index in [1.165, 1.54) is 0 Å². The summed E-state index contributed by atoms with van der Waals surface area (Å²) < 4.78 is 16.0. The van der Waals surface area contributed by atoms with Gasteiger partial charge in [0.1, 0.15) is 5.75 Å². The molecule has 0 N–H and O–H groups in total. The lowest BCUT2D eigenvalue weighted by molar-refractivity contribution is 0.173. The standard InChI is InChI=1S/C12H15O3/c1-2-3-4-7-13-10-5-6-11-12(8-10)15-9-14-11/h5-6,8H,1-4,7,9H2. The van der Waals surface area contributed by atoms with Gasteiger partial charge in [-0.15, -0.1) is 0 Å². The van der Waals surface area contributed by atoms with Crippen molar-refractivity contribution in [2.24, 2.45) is 0 Å². The van der Waals surface area contributed by atoms with Gasteiger partial charge in [0.2, 0.25) is 6.79 Å². The molecule has 0 saturated carbocycles. The fourth-order valence-electron chi connectivity index (χ4n) is 1.44. The smallest absolute Gasteiger partial charge is 0.231 e. The summed E-state index contributed by atoms with van der Waals surface area (Å²) in [4.78, 5) is 0. The molecule has 0 unspecified atom stereocenters. The van der Waals surface area contributed by atoms with Crippen molar-refractivity contribution in [2.45, 2.75) is 19.3 Å². The Morgan fingerprint density at radius 1 is 1.20 bits per heavy atom. The van der Waals surface area contributed by atoms with Gasteiger partial charge in [-0.1, -0.05) is 19.8 Å². The fraction of sp³-hybridized carbons (Fsp3) is 0.417. The third kappa shape index (κ3) is 2.55. The van der Waals surface area contributed by atoms with Crippen LogP contribution >= 0.6 is 0 Å². The molecule has 1 aliphatic rings. The number of rotatable bonds is 5. The lowest BCUT2D eigenvalue weighted by Gasteiger charge is -2.06. The van der Waals surface area contributed by atoms with E-state index in [9.17, 15) is 0 Å². The molecule has 1 heterocycles. The molecule has 3 heteroatoms. The molecular weight excluding hydrogens is 192 g/mol. The van der Waals surface area contributed by atoms with Crippen molar-refractivity contribution in [3.8, 4) is 17.2 Å². The molecule has 1 aromatic rings. The van der Waals surface area contributed by atoms with Crippen molar-refractivity contribution in [3.05, 3.63) is 25.1 Å². The van der Waals surface area contributed by atoms with E-state index in [0.29, 0.717) is 6.79 Å². The lowest BCUT2D eigenvalue weighted by atomic mass is 10.2. The highest BCUT2D eigenvalue weighted by atomic mass is 16.7. The maximum atomic E-state index is 5.57. The molecule has 0 spiro atoms. The first kappa shape index (κ1) is 10.1. The first-order chi connectivity index (χ1) is 7.40. The molecule has 3 nitrogen and oxygen atoms in total. The number of ether oxygens (including phenoxy) is 3. The van der Waals surface area contributed by atoms with Gasteiger partial charge in [0.15, 0.2) is 11.5 Å². The van der Waals surface area contributed by atoms with Crippen LogP contribution in [0.5, 0.6) is 17.2 Å². The third-order valence-corrected chi connectivity index (χ3v) is 2.26. The van der Waals surface area contributed by atoms with Crippen LogP contribution in [0.3, 0.4) is 0 Å². The molecule has 0 bridgehead atoms. The summed E-state index contributed by atoms with van der Waals surface area (Å²) in [6.07, 6.45) is 3.10. The first-order valence-electron chi connectivity index (χ1n) is 5.22. The second kappa shape index (κ2) is 4.91. The summed E-state index contributed by atoms with van der Waals surface area (Å²) in [5.41, 5.74) is 0. The molecule has 0 amide bonds. The van der Waals surface area contributed by atoms with Crippen LogP contribution in [0.25, 0.3) is 0 Å². The minimum atomic E-state index is 0.306. The van der Waals surface area contributed by atoms with E-state index < -0.39 is 0 Å². The van der Waals surface area contributed by atoms with E-state index in [4.69, 9.17) is 14.2 Å². The van der Waals surface area contributed by atoms with Crippen LogP contribution in [0, 0.1) is 6.92 Å². The van der Waals surface area contributed by atoms with Crippen molar-refractivity contribution in [1.82, 2.24) is 0 Å². The van der Waals surface area contributed by atoms with Crippen molar-refractivity contribution in [2.75, 3.05) is 13.4 Å². The predicted molar refractivity (Wildman–Crippen MR) is 57.3 cm³/mol. The predicted octanol–water partition coefficient (Wildman–Crippen LogP) is 2.80. The molecule has 2 rings (SSSR count). The summed E-state index contributed by atoms with van der Waals surface area (Å²) in [6, 6.07) is 5.64. The van der Waals surface area contributed by atoms with Gasteiger partial charge in [-0.05, 0) is 18.6 Å². The average Bonchev–Trinajstić information content (AvgIpc) is 2.71. The van der Waals surface area contributed by atoms with E-state index in [1.807, 2.05) is 18.2 Å². The summed E-state index contributed by atoms with van der Waals surface area (Å²) in [6.45, 7) is 4.82. The van der Waals surface area contributed by atoms with Crippen molar-refractivity contribution in [3.63, 3.8) is 0 Å². The number of benzene rings is 1. The van der Waals surface area contributed by atoms with E-state index in [1.54, 1.807) is 0 Å². The first-order valence-corrected chi connectivity index (χ1v) is 5.22. The molecule has 1 radical (unpaired) electrons. The Bertz CT molecular complexity index is 323. The molecule has 0 aliphatic carbocycles. The summed E-state index contributed by atoms with van der Waals surface area (Å²) in [7, 11) is 0. The van der Waals surface area contributed by atoms with Crippen molar-refractivity contribution < 1.29 is 14.2 Å². The Morgan fingerprint density at radius 2 is 2.07 bits per heavy atom. The number of hydrogen-bond acceptors (Lipinski definition) is 3. The number of hydrogen-bond donors (Lipinski definition) is 0. The quantitative estimate of drug-likeness (QED) is 0.695. The minimum Gasteiger partial charge on any atom is -0.493 e. The van der Waals surface area contributed by atoms with Gasteiger partial charge >= 0.3 is 0 Å². The van der Waals surface area contributed by atoms with Gasteiger partial charge in [-0.3, -0.25) is 0 Å². The third-order valence-electron chi connectivity index (χ3n) is 2.26. The zero-order chi connectivity index (χ0) is 10.5. The SMILES string of the molecule is [CH2]CCCCOc1ccc2c(c1)OCO2. The van der Waals surface area contributed by atoms with Crippen LogP contribution in [0.2, 0.25) is 0 Å². The summed E-state index contributed by atoms with van der Waals surface area (Å²) >= 11 is 0. The summed E-state index contributed by atoms with van der Waals surface area (Å²) in [5, 5.41) is 0. The Labute approximate surface area is 90.0 Å². The van der Waals surface area contributed by atoms with Crippen molar-refractivity contribution >= 4 is 0 Å². The topological polar surface area (TPSA) is 27.7 Å². The zero-order valence-electron chi connectivity index (χ0n) is 8.70. The van der Waals surface area contributed by atoms with E-state index >= 15 is 0 Å². The van der Waals surface area contributed by atoms with E-state index in [2.05, 4.69) is 6.92 Å². The molecule has 0 saturated heterocycles. The van der Waals surface area contributed by atoms with Gasteiger partial charge < -0.3 is 14.2 Å². The van der Waals surface area contributed by atoms with Gasteiger partial charge in [-0.2, -0.15) is 0 Å². The summed E-state index contributed by atoms with van der Waals surface area (Å²) in [5.74, 6) is 2.40. The molecule has 0 atom stereocenters. The van der Waals surface area contributed by atoms with Gasteiger partial charge in [-0.25, -0.2) is 0 Å². The Kier molecular flexibility index (Phi) is 3.33. The normalized spacial score (nSPS) is 12.9. The van der Waals surface area contributed by atoms with Crippen LogP contribution in [-0.4, -0.2) is 13.4 Å². The molecule has 1 aliphatic heterocycles.